The lowest BCUT2D eigenvalue weighted by molar-refractivity contribution is 0.140. The van der Waals surface area contributed by atoms with E-state index in [-0.39, 0.29) is 0 Å². The highest BCUT2D eigenvalue weighted by Crippen LogP contribution is 2.12. The molecule has 0 fully saturated rings. The summed E-state index contributed by atoms with van der Waals surface area (Å²) in [6.07, 6.45) is 1.82. The third-order valence-corrected chi connectivity index (χ3v) is 3.17. The molecular formula is C15H28N4O. The van der Waals surface area contributed by atoms with Crippen molar-refractivity contribution in [3.8, 4) is 5.88 Å². The van der Waals surface area contributed by atoms with E-state index in [0.717, 1.165) is 25.2 Å². The summed E-state index contributed by atoms with van der Waals surface area (Å²) in [5.74, 6) is 1.81. The van der Waals surface area contributed by atoms with E-state index in [2.05, 4.69) is 49.5 Å². The Hall–Kier alpha value is -1.36. The van der Waals surface area contributed by atoms with E-state index in [4.69, 9.17) is 10.5 Å². The monoisotopic (exact) mass is 280 g/mol. The van der Waals surface area contributed by atoms with Crippen molar-refractivity contribution in [2.45, 2.75) is 59.5 Å². The summed E-state index contributed by atoms with van der Waals surface area (Å²) >= 11 is 0. The molecule has 0 atom stereocenters. The van der Waals surface area contributed by atoms with Crippen molar-refractivity contribution in [1.82, 2.24) is 14.9 Å². The van der Waals surface area contributed by atoms with E-state index in [1.165, 1.54) is 0 Å². The van der Waals surface area contributed by atoms with Gasteiger partial charge in [0.25, 0.3) is 0 Å². The summed E-state index contributed by atoms with van der Waals surface area (Å²) in [5, 5.41) is 0. The van der Waals surface area contributed by atoms with Crippen LogP contribution in [0, 0.1) is 0 Å². The fourth-order valence-corrected chi connectivity index (χ4v) is 2.27. The molecule has 0 saturated heterocycles. The van der Waals surface area contributed by atoms with E-state index in [1.807, 2.05) is 0 Å². The molecule has 0 amide bonds. The quantitative estimate of drug-likeness (QED) is 0.792. The summed E-state index contributed by atoms with van der Waals surface area (Å²) < 4.78 is 5.73. The maximum Gasteiger partial charge on any atom is 0.218 e. The number of aromatic nitrogens is 2. The first-order chi connectivity index (χ1) is 9.43. The SMILES string of the molecule is CCCc1nc(N)cc(OCCN(C(C)C)C(C)C)n1. The Balaban J connectivity index is 2.56. The molecule has 5 heteroatoms. The first kappa shape index (κ1) is 16.7. The van der Waals surface area contributed by atoms with Gasteiger partial charge in [0.1, 0.15) is 18.2 Å². The molecule has 1 rings (SSSR count). The third kappa shape index (κ3) is 5.33. The maximum absolute atomic E-state index is 5.78. The number of aryl methyl sites for hydroxylation is 1. The number of hydrogen-bond acceptors (Lipinski definition) is 5. The van der Waals surface area contributed by atoms with E-state index >= 15 is 0 Å². The molecule has 1 aromatic heterocycles. The number of ether oxygens (including phenoxy) is 1. The second-order valence-electron chi connectivity index (χ2n) is 5.57. The fraction of sp³-hybridized carbons (Fsp3) is 0.733. The Morgan fingerprint density at radius 2 is 1.85 bits per heavy atom. The van der Waals surface area contributed by atoms with E-state index in [9.17, 15) is 0 Å². The molecule has 0 radical (unpaired) electrons. The predicted molar refractivity (Wildman–Crippen MR) is 82.9 cm³/mol. The smallest absolute Gasteiger partial charge is 0.218 e. The number of nitrogen functional groups attached to an aromatic ring is 1. The lowest BCUT2D eigenvalue weighted by Crippen LogP contribution is -2.39. The molecule has 0 unspecified atom stereocenters. The largest absolute Gasteiger partial charge is 0.476 e. The Bertz CT molecular complexity index is 399. The summed E-state index contributed by atoms with van der Waals surface area (Å²) in [6, 6.07) is 2.70. The lowest BCUT2D eigenvalue weighted by atomic mass is 10.2. The molecule has 0 aromatic carbocycles. The molecule has 0 saturated carbocycles. The van der Waals surface area contributed by atoms with Crippen LogP contribution in [0.2, 0.25) is 0 Å². The van der Waals surface area contributed by atoms with Gasteiger partial charge < -0.3 is 10.5 Å². The van der Waals surface area contributed by atoms with Crippen molar-refractivity contribution in [2.24, 2.45) is 0 Å². The van der Waals surface area contributed by atoms with Crippen LogP contribution in [0.25, 0.3) is 0 Å². The first-order valence-electron chi connectivity index (χ1n) is 7.46. The molecule has 0 aliphatic rings. The zero-order valence-corrected chi connectivity index (χ0v) is 13.4. The van der Waals surface area contributed by atoms with Crippen LogP contribution < -0.4 is 10.5 Å². The number of nitrogens with two attached hydrogens (primary N) is 1. The van der Waals surface area contributed by atoms with Gasteiger partial charge >= 0.3 is 0 Å². The van der Waals surface area contributed by atoms with Crippen LogP contribution in [0.15, 0.2) is 6.07 Å². The van der Waals surface area contributed by atoms with Crippen LogP contribution in [0.1, 0.15) is 46.9 Å². The second kappa shape index (κ2) is 8.04. The number of rotatable bonds is 8. The molecule has 1 heterocycles. The molecule has 1 aromatic rings. The van der Waals surface area contributed by atoms with Gasteiger partial charge in [-0.25, -0.2) is 4.98 Å². The van der Waals surface area contributed by atoms with E-state index in [1.54, 1.807) is 6.07 Å². The maximum atomic E-state index is 5.78. The minimum atomic E-state index is 0.475. The van der Waals surface area contributed by atoms with Crippen LogP contribution in [0.5, 0.6) is 5.88 Å². The molecule has 2 N–H and O–H groups in total. The van der Waals surface area contributed by atoms with Crippen LogP contribution in [0.3, 0.4) is 0 Å². The standard InChI is InChI=1S/C15H28N4O/c1-6-7-14-17-13(16)10-15(18-14)20-9-8-19(11(2)3)12(4)5/h10-12H,6-9H2,1-5H3,(H2,16,17,18). The van der Waals surface area contributed by atoms with Gasteiger partial charge in [-0.3, -0.25) is 4.90 Å². The van der Waals surface area contributed by atoms with Gasteiger partial charge in [-0.2, -0.15) is 4.98 Å². The molecule has 0 aliphatic carbocycles. The number of nitrogens with zero attached hydrogens (tertiary/aromatic N) is 3. The second-order valence-corrected chi connectivity index (χ2v) is 5.57. The lowest BCUT2D eigenvalue weighted by Gasteiger charge is -2.30. The summed E-state index contributed by atoms with van der Waals surface area (Å²) in [7, 11) is 0. The van der Waals surface area contributed by atoms with Crippen LogP contribution >= 0.6 is 0 Å². The molecule has 0 spiro atoms. The number of hydrogen-bond donors (Lipinski definition) is 1. The van der Waals surface area contributed by atoms with Gasteiger partial charge in [0.2, 0.25) is 5.88 Å². The summed E-state index contributed by atoms with van der Waals surface area (Å²) in [6.45, 7) is 12.4. The Labute approximate surface area is 122 Å². The summed E-state index contributed by atoms with van der Waals surface area (Å²) in [4.78, 5) is 11.0. The fourth-order valence-electron chi connectivity index (χ4n) is 2.27. The molecule has 5 nitrogen and oxygen atoms in total. The number of anilines is 1. The minimum absolute atomic E-state index is 0.475. The van der Waals surface area contributed by atoms with E-state index < -0.39 is 0 Å². The molecule has 0 aliphatic heterocycles. The zero-order chi connectivity index (χ0) is 15.1. The van der Waals surface area contributed by atoms with Crippen molar-refractivity contribution < 1.29 is 4.74 Å². The van der Waals surface area contributed by atoms with Gasteiger partial charge in [0.05, 0.1) is 0 Å². The predicted octanol–water partition coefficient (Wildman–Crippen LogP) is 2.51. The van der Waals surface area contributed by atoms with Crippen molar-refractivity contribution in [3.63, 3.8) is 0 Å². The average Bonchev–Trinajstić information content (AvgIpc) is 2.33. The van der Waals surface area contributed by atoms with Gasteiger partial charge in [0.15, 0.2) is 0 Å². The van der Waals surface area contributed by atoms with Crippen molar-refractivity contribution in [2.75, 3.05) is 18.9 Å². The first-order valence-corrected chi connectivity index (χ1v) is 7.46. The third-order valence-electron chi connectivity index (χ3n) is 3.17. The van der Waals surface area contributed by atoms with Gasteiger partial charge in [-0.1, -0.05) is 6.92 Å². The van der Waals surface area contributed by atoms with Crippen molar-refractivity contribution in [3.05, 3.63) is 11.9 Å². The van der Waals surface area contributed by atoms with Crippen molar-refractivity contribution >= 4 is 5.82 Å². The normalized spacial score (nSPS) is 11.6. The van der Waals surface area contributed by atoms with Crippen LogP contribution in [-0.4, -0.2) is 40.1 Å². The Kier molecular flexibility index (Phi) is 6.71. The molecular weight excluding hydrogens is 252 g/mol. The highest BCUT2D eigenvalue weighted by molar-refractivity contribution is 5.32. The van der Waals surface area contributed by atoms with Gasteiger partial charge in [-0.15, -0.1) is 0 Å². The Morgan fingerprint density at radius 3 is 2.40 bits per heavy atom. The molecule has 20 heavy (non-hydrogen) atoms. The summed E-state index contributed by atoms with van der Waals surface area (Å²) in [5.41, 5.74) is 5.78. The highest BCUT2D eigenvalue weighted by Gasteiger charge is 2.13. The van der Waals surface area contributed by atoms with E-state index in [0.29, 0.717) is 30.4 Å². The highest BCUT2D eigenvalue weighted by atomic mass is 16.5. The van der Waals surface area contributed by atoms with Gasteiger partial charge in [-0.05, 0) is 34.1 Å². The average molecular weight is 280 g/mol. The molecule has 0 bridgehead atoms. The zero-order valence-electron chi connectivity index (χ0n) is 13.4. The van der Waals surface area contributed by atoms with Gasteiger partial charge in [0, 0.05) is 31.1 Å². The van der Waals surface area contributed by atoms with Crippen LogP contribution in [0.4, 0.5) is 5.82 Å². The molecule has 114 valence electrons. The van der Waals surface area contributed by atoms with Crippen molar-refractivity contribution in [1.29, 1.82) is 0 Å². The minimum Gasteiger partial charge on any atom is -0.476 e. The van der Waals surface area contributed by atoms with Crippen LogP contribution in [-0.2, 0) is 6.42 Å². The topological polar surface area (TPSA) is 64.3 Å². The Morgan fingerprint density at radius 1 is 1.20 bits per heavy atom.